The summed E-state index contributed by atoms with van der Waals surface area (Å²) in [5.41, 5.74) is 1.73. The van der Waals surface area contributed by atoms with Crippen LogP contribution in [0.5, 0.6) is 5.75 Å². The van der Waals surface area contributed by atoms with Crippen LogP contribution < -0.4 is 4.74 Å². The molecular weight excluding hydrogens is 203 g/mol. The third-order valence-electron chi connectivity index (χ3n) is 2.26. The average molecular weight is 217 g/mol. The molecule has 0 radical (unpaired) electrons. The van der Waals surface area contributed by atoms with Crippen molar-refractivity contribution < 1.29 is 9.13 Å². The molecule has 0 aliphatic rings. The molecule has 14 heavy (non-hydrogen) atoms. The maximum atomic E-state index is 13.4. The van der Waals surface area contributed by atoms with E-state index in [4.69, 9.17) is 16.3 Å². The fourth-order valence-electron chi connectivity index (χ4n) is 1.62. The molecule has 0 aromatic heterocycles. The third kappa shape index (κ3) is 1.85. The first kappa shape index (κ1) is 11.3. The van der Waals surface area contributed by atoms with Crippen molar-refractivity contribution in [3.05, 3.63) is 28.0 Å². The molecule has 1 rings (SSSR count). The summed E-state index contributed by atoms with van der Waals surface area (Å²) in [6, 6.07) is 1.29. The second-order valence-corrected chi connectivity index (χ2v) is 3.97. The van der Waals surface area contributed by atoms with Gasteiger partial charge < -0.3 is 4.74 Å². The zero-order valence-corrected chi connectivity index (χ0v) is 9.57. The highest BCUT2D eigenvalue weighted by Gasteiger charge is 2.17. The van der Waals surface area contributed by atoms with Gasteiger partial charge in [0, 0.05) is 10.6 Å². The van der Waals surface area contributed by atoms with E-state index >= 15 is 0 Å². The van der Waals surface area contributed by atoms with Crippen LogP contribution in [-0.4, -0.2) is 7.11 Å². The van der Waals surface area contributed by atoms with Crippen LogP contribution in [0, 0.1) is 12.7 Å². The number of halogens is 2. The Kier molecular flexibility index (Phi) is 3.38. The van der Waals surface area contributed by atoms with Crippen LogP contribution in [-0.2, 0) is 0 Å². The lowest BCUT2D eigenvalue weighted by molar-refractivity contribution is 0.379. The van der Waals surface area contributed by atoms with Crippen LogP contribution in [0.2, 0.25) is 5.02 Å². The molecule has 1 aromatic rings. The van der Waals surface area contributed by atoms with E-state index in [1.54, 1.807) is 0 Å². The van der Waals surface area contributed by atoms with Gasteiger partial charge in [-0.3, -0.25) is 0 Å². The molecule has 0 saturated heterocycles. The third-order valence-corrected chi connectivity index (χ3v) is 2.65. The van der Waals surface area contributed by atoms with Gasteiger partial charge in [0.15, 0.2) is 11.6 Å². The van der Waals surface area contributed by atoms with Crippen LogP contribution in [0.3, 0.4) is 0 Å². The fourth-order valence-corrected chi connectivity index (χ4v) is 1.81. The number of rotatable bonds is 2. The lowest BCUT2D eigenvalue weighted by Gasteiger charge is -2.16. The van der Waals surface area contributed by atoms with Crippen molar-refractivity contribution in [3.8, 4) is 5.75 Å². The van der Waals surface area contributed by atoms with Crippen molar-refractivity contribution in [1.82, 2.24) is 0 Å². The predicted molar refractivity (Wildman–Crippen MR) is 56.8 cm³/mol. The predicted octanol–water partition coefficient (Wildman–Crippen LogP) is 3.92. The maximum absolute atomic E-state index is 13.4. The molecule has 1 aromatic carbocycles. The van der Waals surface area contributed by atoms with E-state index in [1.807, 2.05) is 20.8 Å². The van der Waals surface area contributed by atoms with Crippen LogP contribution >= 0.6 is 11.6 Å². The monoisotopic (exact) mass is 216 g/mol. The minimum atomic E-state index is -0.396. The zero-order valence-electron chi connectivity index (χ0n) is 8.82. The average Bonchev–Trinajstić information content (AvgIpc) is 2.10. The molecule has 0 spiro atoms. The smallest absolute Gasteiger partial charge is 0.166 e. The topological polar surface area (TPSA) is 9.23 Å². The molecule has 1 nitrogen and oxygen atoms in total. The molecular formula is C11H14ClFO. The van der Waals surface area contributed by atoms with Crippen molar-refractivity contribution in [3.63, 3.8) is 0 Å². The largest absolute Gasteiger partial charge is 0.493 e. The van der Waals surface area contributed by atoms with E-state index in [-0.39, 0.29) is 5.92 Å². The van der Waals surface area contributed by atoms with Gasteiger partial charge in [0.05, 0.1) is 7.11 Å². The molecule has 0 saturated carbocycles. The highest BCUT2D eigenvalue weighted by atomic mass is 35.5. The van der Waals surface area contributed by atoms with Crippen molar-refractivity contribution in [1.29, 1.82) is 0 Å². The van der Waals surface area contributed by atoms with E-state index in [9.17, 15) is 4.39 Å². The van der Waals surface area contributed by atoms with E-state index < -0.39 is 5.82 Å². The Morgan fingerprint density at radius 3 is 2.43 bits per heavy atom. The molecule has 0 unspecified atom stereocenters. The maximum Gasteiger partial charge on any atom is 0.166 e. The summed E-state index contributed by atoms with van der Waals surface area (Å²) in [6.07, 6.45) is 0. The van der Waals surface area contributed by atoms with Gasteiger partial charge >= 0.3 is 0 Å². The molecule has 0 aliphatic heterocycles. The van der Waals surface area contributed by atoms with Gasteiger partial charge in [0.25, 0.3) is 0 Å². The Morgan fingerprint density at radius 2 is 2.00 bits per heavy atom. The molecule has 0 fully saturated rings. The van der Waals surface area contributed by atoms with Gasteiger partial charge in [0.1, 0.15) is 0 Å². The summed E-state index contributed by atoms with van der Waals surface area (Å²) < 4.78 is 18.5. The molecule has 0 bridgehead atoms. The number of benzene rings is 1. The van der Waals surface area contributed by atoms with Gasteiger partial charge in [-0.1, -0.05) is 25.4 Å². The highest BCUT2D eigenvalue weighted by Crippen LogP contribution is 2.35. The van der Waals surface area contributed by atoms with Gasteiger partial charge in [-0.05, 0) is 24.5 Å². The van der Waals surface area contributed by atoms with Crippen LogP contribution in [0.1, 0.15) is 30.9 Å². The number of methoxy groups -OCH3 is 1. The Balaban J connectivity index is 3.48. The first-order valence-corrected chi connectivity index (χ1v) is 4.89. The quantitative estimate of drug-likeness (QED) is 0.728. The normalized spacial score (nSPS) is 10.8. The SMILES string of the molecule is COc1c(F)cc(Cl)c(C)c1C(C)C. The number of ether oxygens (including phenoxy) is 1. The lowest BCUT2D eigenvalue weighted by atomic mass is 9.96. The summed E-state index contributed by atoms with van der Waals surface area (Å²) in [4.78, 5) is 0. The van der Waals surface area contributed by atoms with Gasteiger partial charge in [-0.15, -0.1) is 0 Å². The Bertz CT molecular complexity index is 348. The summed E-state index contributed by atoms with van der Waals surface area (Å²) in [5.74, 6) is 0.104. The first-order chi connectivity index (χ1) is 6.49. The molecule has 78 valence electrons. The Morgan fingerprint density at radius 1 is 1.43 bits per heavy atom. The first-order valence-electron chi connectivity index (χ1n) is 4.51. The fraction of sp³-hybridized carbons (Fsp3) is 0.455. The molecule has 0 N–H and O–H groups in total. The molecule has 0 atom stereocenters. The van der Waals surface area contributed by atoms with Gasteiger partial charge in [-0.25, -0.2) is 4.39 Å². The Hall–Kier alpha value is -0.760. The van der Waals surface area contributed by atoms with Crippen molar-refractivity contribution in [2.24, 2.45) is 0 Å². The van der Waals surface area contributed by atoms with E-state index in [0.29, 0.717) is 10.8 Å². The van der Waals surface area contributed by atoms with E-state index in [0.717, 1.165) is 11.1 Å². The van der Waals surface area contributed by atoms with Crippen molar-refractivity contribution in [2.75, 3.05) is 7.11 Å². The standard InChI is InChI=1S/C11H14ClFO/c1-6(2)10-7(3)8(12)5-9(13)11(10)14-4/h5-6H,1-4H3. The van der Waals surface area contributed by atoms with E-state index in [2.05, 4.69) is 0 Å². The van der Waals surface area contributed by atoms with Gasteiger partial charge in [0.2, 0.25) is 0 Å². The number of hydrogen-bond acceptors (Lipinski definition) is 1. The number of hydrogen-bond donors (Lipinski definition) is 0. The summed E-state index contributed by atoms with van der Waals surface area (Å²) in [5, 5.41) is 0.451. The van der Waals surface area contributed by atoms with Gasteiger partial charge in [-0.2, -0.15) is 0 Å². The minimum Gasteiger partial charge on any atom is -0.493 e. The lowest BCUT2D eigenvalue weighted by Crippen LogP contribution is -2.01. The second kappa shape index (κ2) is 4.18. The molecule has 0 aliphatic carbocycles. The van der Waals surface area contributed by atoms with Crippen molar-refractivity contribution in [2.45, 2.75) is 26.7 Å². The summed E-state index contributed by atoms with van der Waals surface area (Å²) in [6.45, 7) is 5.85. The zero-order chi connectivity index (χ0) is 10.9. The van der Waals surface area contributed by atoms with Crippen LogP contribution in [0.4, 0.5) is 4.39 Å². The van der Waals surface area contributed by atoms with Crippen LogP contribution in [0.15, 0.2) is 6.07 Å². The van der Waals surface area contributed by atoms with Crippen LogP contribution in [0.25, 0.3) is 0 Å². The molecule has 3 heteroatoms. The van der Waals surface area contributed by atoms with E-state index in [1.165, 1.54) is 13.2 Å². The highest BCUT2D eigenvalue weighted by molar-refractivity contribution is 6.31. The Labute approximate surface area is 88.8 Å². The van der Waals surface area contributed by atoms with Crippen molar-refractivity contribution >= 4 is 11.6 Å². The summed E-state index contributed by atoms with van der Waals surface area (Å²) >= 11 is 5.90. The molecule has 0 heterocycles. The second-order valence-electron chi connectivity index (χ2n) is 3.57. The minimum absolute atomic E-state index is 0.193. The molecule has 0 amide bonds. The summed E-state index contributed by atoms with van der Waals surface area (Å²) in [7, 11) is 1.47.